The molecule has 0 bridgehead atoms. The second-order valence-electron chi connectivity index (χ2n) is 5.11. The monoisotopic (exact) mass is 299 g/mol. The Morgan fingerprint density at radius 2 is 1.91 bits per heavy atom. The van der Waals surface area contributed by atoms with Crippen molar-refractivity contribution in [2.24, 2.45) is 0 Å². The molecule has 4 heteroatoms. The van der Waals surface area contributed by atoms with Crippen molar-refractivity contribution in [2.45, 2.75) is 19.4 Å². The third-order valence-corrected chi connectivity index (χ3v) is 3.46. The largest absolute Gasteiger partial charge is 0.507 e. The van der Waals surface area contributed by atoms with Crippen molar-refractivity contribution in [3.8, 4) is 5.75 Å². The maximum Gasteiger partial charge on any atom is 0.341 e. The van der Waals surface area contributed by atoms with E-state index in [1.54, 1.807) is 12.1 Å². The highest BCUT2D eigenvalue weighted by Gasteiger charge is 2.11. The average Bonchev–Trinajstić information content (AvgIpc) is 2.56. The third kappa shape index (κ3) is 4.60. The van der Waals surface area contributed by atoms with E-state index in [0.29, 0.717) is 0 Å². The first-order chi connectivity index (χ1) is 10.7. The molecule has 0 amide bonds. The summed E-state index contributed by atoms with van der Waals surface area (Å²) >= 11 is 0. The Morgan fingerprint density at radius 1 is 1.14 bits per heavy atom. The minimum absolute atomic E-state index is 0.0437. The number of aromatic hydroxyl groups is 1. The summed E-state index contributed by atoms with van der Waals surface area (Å²) in [6.07, 6.45) is 1.80. The highest BCUT2D eigenvalue weighted by Crippen LogP contribution is 2.20. The molecular weight excluding hydrogens is 278 g/mol. The average molecular weight is 299 g/mol. The van der Waals surface area contributed by atoms with Gasteiger partial charge in [-0.25, -0.2) is 4.79 Å². The van der Waals surface area contributed by atoms with Gasteiger partial charge in [0.1, 0.15) is 11.3 Å². The number of phenols is 1. The zero-order chi connectivity index (χ0) is 15.8. The van der Waals surface area contributed by atoms with Gasteiger partial charge in [-0.05, 0) is 42.6 Å². The molecule has 0 spiro atoms. The van der Waals surface area contributed by atoms with Gasteiger partial charge < -0.3 is 15.2 Å². The van der Waals surface area contributed by atoms with Gasteiger partial charge in [-0.3, -0.25) is 0 Å². The highest BCUT2D eigenvalue weighted by atomic mass is 16.5. The number of benzene rings is 2. The number of hydrogen-bond donors (Lipinski definition) is 2. The second kappa shape index (κ2) is 8.20. The first kappa shape index (κ1) is 16.0. The van der Waals surface area contributed by atoms with Crippen LogP contribution < -0.4 is 5.32 Å². The van der Waals surface area contributed by atoms with E-state index in [-0.39, 0.29) is 11.3 Å². The molecule has 116 valence electrons. The topological polar surface area (TPSA) is 58.6 Å². The predicted molar refractivity (Wildman–Crippen MR) is 85.9 cm³/mol. The number of rotatable bonds is 7. The predicted octanol–water partition coefficient (Wildman–Crippen LogP) is 2.90. The Labute approximate surface area is 130 Å². The lowest BCUT2D eigenvalue weighted by molar-refractivity contribution is 0.0597. The lowest BCUT2D eigenvalue weighted by Crippen LogP contribution is -2.15. The number of carbonyl (C=O) groups is 1. The number of esters is 1. The van der Waals surface area contributed by atoms with E-state index in [1.165, 1.54) is 12.7 Å². The van der Waals surface area contributed by atoms with Gasteiger partial charge in [0.25, 0.3) is 0 Å². The van der Waals surface area contributed by atoms with E-state index in [0.717, 1.165) is 31.5 Å². The molecule has 0 heterocycles. The first-order valence-electron chi connectivity index (χ1n) is 7.35. The summed E-state index contributed by atoms with van der Waals surface area (Å²) in [5.41, 5.74) is 2.50. The standard InChI is InChI=1S/C18H21NO3/c1-22-18(21)16-12-14(9-10-17(16)20)8-5-11-19-13-15-6-3-2-4-7-15/h2-4,6-7,9-10,12,19-20H,5,8,11,13H2,1H3. The van der Waals surface area contributed by atoms with Crippen LogP contribution >= 0.6 is 0 Å². The molecule has 0 radical (unpaired) electrons. The molecule has 2 aromatic rings. The number of nitrogens with one attached hydrogen (secondary N) is 1. The summed E-state index contributed by atoms with van der Waals surface area (Å²) in [6, 6.07) is 15.3. The Bertz CT molecular complexity index is 611. The molecule has 0 aromatic heterocycles. The Hall–Kier alpha value is -2.33. The summed E-state index contributed by atoms with van der Waals surface area (Å²) in [6.45, 7) is 1.74. The minimum atomic E-state index is -0.512. The van der Waals surface area contributed by atoms with Crippen LogP contribution in [0.25, 0.3) is 0 Å². The molecular formula is C18H21NO3. The molecule has 4 nitrogen and oxygen atoms in total. The van der Waals surface area contributed by atoms with Gasteiger partial charge >= 0.3 is 5.97 Å². The first-order valence-corrected chi connectivity index (χ1v) is 7.35. The second-order valence-corrected chi connectivity index (χ2v) is 5.11. The van der Waals surface area contributed by atoms with E-state index in [4.69, 9.17) is 0 Å². The zero-order valence-corrected chi connectivity index (χ0v) is 12.7. The van der Waals surface area contributed by atoms with Gasteiger partial charge in [0.2, 0.25) is 0 Å². The van der Waals surface area contributed by atoms with Gasteiger partial charge in [-0.1, -0.05) is 36.4 Å². The van der Waals surface area contributed by atoms with E-state index in [2.05, 4.69) is 22.2 Å². The number of methoxy groups -OCH3 is 1. The van der Waals surface area contributed by atoms with Crippen molar-refractivity contribution in [3.63, 3.8) is 0 Å². The molecule has 0 fully saturated rings. The molecule has 0 atom stereocenters. The van der Waals surface area contributed by atoms with Crippen molar-refractivity contribution in [1.29, 1.82) is 0 Å². The Balaban J connectivity index is 1.78. The zero-order valence-electron chi connectivity index (χ0n) is 12.7. The van der Waals surface area contributed by atoms with Crippen LogP contribution in [0.4, 0.5) is 0 Å². The molecule has 0 saturated carbocycles. The lowest BCUT2D eigenvalue weighted by atomic mass is 10.1. The third-order valence-electron chi connectivity index (χ3n) is 3.46. The van der Waals surface area contributed by atoms with Gasteiger partial charge in [-0.15, -0.1) is 0 Å². The van der Waals surface area contributed by atoms with Crippen LogP contribution in [0.5, 0.6) is 5.75 Å². The Kier molecular flexibility index (Phi) is 5.98. The van der Waals surface area contributed by atoms with Gasteiger partial charge in [0, 0.05) is 6.54 Å². The fourth-order valence-corrected chi connectivity index (χ4v) is 2.26. The molecule has 2 aromatic carbocycles. The highest BCUT2D eigenvalue weighted by molar-refractivity contribution is 5.92. The number of phenolic OH excluding ortho intramolecular Hbond substituents is 1. The lowest BCUT2D eigenvalue weighted by Gasteiger charge is -2.07. The van der Waals surface area contributed by atoms with Crippen molar-refractivity contribution in [2.75, 3.05) is 13.7 Å². The van der Waals surface area contributed by atoms with Crippen molar-refractivity contribution in [3.05, 3.63) is 65.2 Å². The van der Waals surface area contributed by atoms with Gasteiger partial charge in [0.05, 0.1) is 7.11 Å². The summed E-state index contributed by atoms with van der Waals surface area (Å²) in [5, 5.41) is 13.0. The smallest absolute Gasteiger partial charge is 0.341 e. The minimum Gasteiger partial charge on any atom is -0.507 e. The van der Waals surface area contributed by atoms with Crippen LogP contribution in [-0.2, 0) is 17.7 Å². The molecule has 0 saturated heterocycles. The molecule has 2 N–H and O–H groups in total. The van der Waals surface area contributed by atoms with E-state index >= 15 is 0 Å². The summed E-state index contributed by atoms with van der Waals surface area (Å²) in [5.74, 6) is -0.556. The summed E-state index contributed by atoms with van der Waals surface area (Å²) in [4.78, 5) is 11.5. The summed E-state index contributed by atoms with van der Waals surface area (Å²) in [7, 11) is 1.31. The van der Waals surface area contributed by atoms with E-state index < -0.39 is 5.97 Å². The molecule has 0 aliphatic rings. The van der Waals surface area contributed by atoms with E-state index in [1.807, 2.05) is 24.3 Å². The van der Waals surface area contributed by atoms with Crippen LogP contribution in [-0.4, -0.2) is 24.7 Å². The normalized spacial score (nSPS) is 10.4. The number of carbonyl (C=O) groups excluding carboxylic acids is 1. The van der Waals surface area contributed by atoms with Gasteiger partial charge in [-0.2, -0.15) is 0 Å². The fourth-order valence-electron chi connectivity index (χ4n) is 2.26. The molecule has 0 aliphatic carbocycles. The van der Waals surface area contributed by atoms with Gasteiger partial charge in [0.15, 0.2) is 0 Å². The number of hydrogen-bond acceptors (Lipinski definition) is 4. The molecule has 2 rings (SSSR count). The van der Waals surface area contributed by atoms with Crippen LogP contribution in [0.3, 0.4) is 0 Å². The van der Waals surface area contributed by atoms with Crippen LogP contribution in [0.1, 0.15) is 27.9 Å². The maximum atomic E-state index is 11.5. The number of ether oxygens (including phenoxy) is 1. The van der Waals surface area contributed by atoms with Crippen molar-refractivity contribution < 1.29 is 14.6 Å². The quantitative estimate of drug-likeness (QED) is 0.609. The van der Waals surface area contributed by atoms with E-state index in [9.17, 15) is 9.90 Å². The van der Waals surface area contributed by atoms with Crippen LogP contribution in [0, 0.1) is 0 Å². The fraction of sp³-hybridized carbons (Fsp3) is 0.278. The van der Waals surface area contributed by atoms with Crippen LogP contribution in [0.2, 0.25) is 0 Å². The SMILES string of the molecule is COC(=O)c1cc(CCCNCc2ccccc2)ccc1O. The number of aryl methyl sites for hydroxylation is 1. The summed E-state index contributed by atoms with van der Waals surface area (Å²) < 4.78 is 4.65. The van der Waals surface area contributed by atoms with Crippen LogP contribution in [0.15, 0.2) is 48.5 Å². The Morgan fingerprint density at radius 3 is 2.64 bits per heavy atom. The molecule has 0 unspecified atom stereocenters. The molecule has 22 heavy (non-hydrogen) atoms. The van der Waals surface area contributed by atoms with Crippen molar-refractivity contribution >= 4 is 5.97 Å². The maximum absolute atomic E-state index is 11.5. The molecule has 0 aliphatic heterocycles. The van der Waals surface area contributed by atoms with Crippen molar-refractivity contribution in [1.82, 2.24) is 5.32 Å².